The van der Waals surface area contributed by atoms with Crippen LogP contribution in [0, 0.1) is 24.3 Å². The van der Waals surface area contributed by atoms with E-state index in [4.69, 9.17) is 32.2 Å². The lowest BCUT2D eigenvalue weighted by atomic mass is 10.1. The number of nitrogens with zero attached hydrogens (tertiary/aromatic N) is 1. The molecule has 7 nitrogen and oxygen atoms in total. The van der Waals surface area contributed by atoms with Crippen molar-refractivity contribution in [3.05, 3.63) is 52.5 Å². The number of methoxy groups -OCH3 is 2. The summed E-state index contributed by atoms with van der Waals surface area (Å²) in [7, 11) is 2.79. The van der Waals surface area contributed by atoms with E-state index in [0.29, 0.717) is 35.2 Å². The Labute approximate surface area is 205 Å². The number of halogens is 1. The number of carbonyl (C=O) groups excluding carboxylic acids is 2. The predicted molar refractivity (Wildman–Crippen MR) is 132 cm³/mol. The van der Waals surface area contributed by atoms with Crippen molar-refractivity contribution < 1.29 is 23.8 Å². The van der Waals surface area contributed by atoms with Crippen LogP contribution >= 0.6 is 11.6 Å². The number of nitrogens with one attached hydrogen (secondary N) is 1. The van der Waals surface area contributed by atoms with Crippen molar-refractivity contribution in [2.24, 2.45) is 0 Å². The van der Waals surface area contributed by atoms with E-state index in [0.717, 1.165) is 5.56 Å². The molecule has 0 aliphatic carbocycles. The predicted octanol–water partition coefficient (Wildman–Crippen LogP) is 4.00. The van der Waals surface area contributed by atoms with Gasteiger partial charge in [0, 0.05) is 36.2 Å². The van der Waals surface area contributed by atoms with Gasteiger partial charge < -0.3 is 19.5 Å². The summed E-state index contributed by atoms with van der Waals surface area (Å²) >= 11 is 6.01. The van der Waals surface area contributed by atoms with Crippen molar-refractivity contribution in [3.8, 4) is 35.8 Å². The second kappa shape index (κ2) is 13.7. The molecule has 1 N–H and O–H groups in total. The first-order valence-electron chi connectivity index (χ1n) is 10.5. The molecule has 0 spiro atoms. The van der Waals surface area contributed by atoms with E-state index in [9.17, 15) is 9.59 Å². The zero-order valence-corrected chi connectivity index (χ0v) is 20.2. The molecule has 0 fully saturated rings. The molecule has 8 heteroatoms. The van der Waals surface area contributed by atoms with Crippen molar-refractivity contribution in [3.63, 3.8) is 0 Å². The first-order valence-corrected chi connectivity index (χ1v) is 10.9. The van der Waals surface area contributed by atoms with Crippen molar-refractivity contribution in [2.45, 2.75) is 19.8 Å². The molecule has 0 unspecified atom stereocenters. The Balaban J connectivity index is 2.05. The Morgan fingerprint density at radius 1 is 1.18 bits per heavy atom. The molecular formula is C26H27ClN2O5. The van der Waals surface area contributed by atoms with Gasteiger partial charge in [0.25, 0.3) is 0 Å². The van der Waals surface area contributed by atoms with Crippen LogP contribution in [0.25, 0.3) is 0 Å². The van der Waals surface area contributed by atoms with E-state index in [1.807, 2.05) is 6.07 Å². The van der Waals surface area contributed by atoms with Crippen LogP contribution in [-0.4, -0.2) is 50.7 Å². The molecule has 0 heterocycles. The molecule has 1 amide bonds. The van der Waals surface area contributed by atoms with Gasteiger partial charge in [0.05, 0.1) is 45.0 Å². The van der Waals surface area contributed by atoms with E-state index in [1.54, 1.807) is 31.2 Å². The van der Waals surface area contributed by atoms with Gasteiger partial charge in [-0.15, -0.1) is 6.42 Å². The normalized spacial score (nSPS) is 9.74. The summed E-state index contributed by atoms with van der Waals surface area (Å²) in [6.45, 7) is 2.53. The van der Waals surface area contributed by atoms with E-state index in [2.05, 4.69) is 23.2 Å². The summed E-state index contributed by atoms with van der Waals surface area (Å²) in [6.07, 6.45) is 6.00. The van der Waals surface area contributed by atoms with E-state index < -0.39 is 5.97 Å². The summed E-state index contributed by atoms with van der Waals surface area (Å²) in [5.74, 6) is 5.35. The number of rotatable bonds is 11. The second-order valence-corrected chi connectivity index (χ2v) is 7.45. The minimum absolute atomic E-state index is 0.133. The van der Waals surface area contributed by atoms with Crippen molar-refractivity contribution in [1.82, 2.24) is 4.90 Å². The summed E-state index contributed by atoms with van der Waals surface area (Å²) in [5, 5.41) is 3.55. The number of benzene rings is 2. The number of hydrogen-bond acceptors (Lipinski definition) is 6. The highest BCUT2D eigenvalue weighted by atomic mass is 35.5. The van der Waals surface area contributed by atoms with Crippen LogP contribution in [0.5, 0.6) is 11.5 Å². The third-order valence-corrected chi connectivity index (χ3v) is 4.90. The van der Waals surface area contributed by atoms with Gasteiger partial charge in [-0.25, -0.2) is 4.79 Å². The average Bonchev–Trinajstić information content (AvgIpc) is 2.83. The lowest BCUT2D eigenvalue weighted by Crippen LogP contribution is -2.29. The molecule has 2 aromatic carbocycles. The van der Waals surface area contributed by atoms with Crippen LogP contribution in [0.4, 0.5) is 5.69 Å². The molecule has 0 saturated carbocycles. The number of anilines is 1. The average molecular weight is 483 g/mol. The Hall–Kier alpha value is -3.81. The SMILES string of the molecule is C#CCNc1cc(OC)c(OCCCN(C#CC)C(=O)Cc2cccc(Cl)c2)cc1C(=O)OC. The molecule has 0 aliphatic rings. The molecule has 0 radical (unpaired) electrons. The summed E-state index contributed by atoms with van der Waals surface area (Å²) in [6, 6.07) is 13.2. The minimum Gasteiger partial charge on any atom is -0.493 e. The molecular weight excluding hydrogens is 456 g/mol. The maximum absolute atomic E-state index is 12.7. The molecule has 2 rings (SSSR count). The number of carbonyl (C=O) groups is 2. The highest BCUT2D eigenvalue weighted by Crippen LogP contribution is 2.34. The Morgan fingerprint density at radius 3 is 2.62 bits per heavy atom. The maximum Gasteiger partial charge on any atom is 0.340 e. The van der Waals surface area contributed by atoms with Gasteiger partial charge in [0.15, 0.2) is 11.5 Å². The third-order valence-electron chi connectivity index (χ3n) is 4.67. The smallest absolute Gasteiger partial charge is 0.340 e. The molecule has 0 saturated heterocycles. The van der Waals surface area contributed by atoms with Crippen LogP contribution in [0.15, 0.2) is 36.4 Å². The lowest BCUT2D eigenvalue weighted by Gasteiger charge is -2.18. The van der Waals surface area contributed by atoms with E-state index in [-0.39, 0.29) is 31.0 Å². The fourth-order valence-corrected chi connectivity index (χ4v) is 3.32. The van der Waals surface area contributed by atoms with Crippen LogP contribution in [0.1, 0.15) is 29.3 Å². The molecule has 178 valence electrons. The van der Waals surface area contributed by atoms with E-state index >= 15 is 0 Å². The van der Waals surface area contributed by atoms with Crippen molar-refractivity contribution in [2.75, 3.05) is 39.2 Å². The third kappa shape index (κ3) is 7.65. The fraction of sp³-hybridized carbons (Fsp3) is 0.308. The Bertz CT molecular complexity index is 1110. The fourth-order valence-electron chi connectivity index (χ4n) is 3.10. The number of esters is 1. The summed E-state index contributed by atoms with van der Waals surface area (Å²) in [4.78, 5) is 26.4. The molecule has 2 aromatic rings. The van der Waals surface area contributed by atoms with Crippen LogP contribution in [-0.2, 0) is 16.0 Å². The molecule has 0 atom stereocenters. The maximum atomic E-state index is 12.7. The molecule has 0 aromatic heterocycles. The van der Waals surface area contributed by atoms with Crippen molar-refractivity contribution >= 4 is 29.2 Å². The Kier molecular flexibility index (Phi) is 10.6. The standard InChI is InChI=1S/C26H27ClN2O5/c1-5-11-28-22-18-23(32-3)24(17-21(22)26(31)33-4)34-14-8-13-29(12-6-2)25(30)16-19-9-7-10-20(27)15-19/h1,7,9-10,15,17-18,28H,8,11,13-14,16H2,2-4H3. The first kappa shape index (κ1) is 26.4. The van der Waals surface area contributed by atoms with Gasteiger partial charge in [0.1, 0.15) is 0 Å². The number of amides is 1. The van der Waals surface area contributed by atoms with Gasteiger partial charge >= 0.3 is 5.97 Å². The van der Waals surface area contributed by atoms with Crippen LogP contribution in [0.2, 0.25) is 5.02 Å². The number of ether oxygens (including phenoxy) is 3. The largest absolute Gasteiger partial charge is 0.493 e. The highest BCUT2D eigenvalue weighted by molar-refractivity contribution is 6.30. The van der Waals surface area contributed by atoms with Gasteiger partial charge in [0.2, 0.25) is 5.91 Å². The molecule has 0 bridgehead atoms. The van der Waals surface area contributed by atoms with Gasteiger partial charge in [-0.05, 0) is 24.6 Å². The summed E-state index contributed by atoms with van der Waals surface area (Å²) in [5.41, 5.74) is 1.56. The molecule has 34 heavy (non-hydrogen) atoms. The first-order chi connectivity index (χ1) is 16.4. The Morgan fingerprint density at radius 2 is 1.97 bits per heavy atom. The zero-order valence-electron chi connectivity index (χ0n) is 19.4. The monoisotopic (exact) mass is 482 g/mol. The van der Waals surface area contributed by atoms with Gasteiger partial charge in [-0.3, -0.25) is 9.69 Å². The van der Waals surface area contributed by atoms with Gasteiger partial charge in [-0.1, -0.05) is 35.6 Å². The highest BCUT2D eigenvalue weighted by Gasteiger charge is 2.18. The summed E-state index contributed by atoms with van der Waals surface area (Å²) < 4.78 is 16.1. The van der Waals surface area contributed by atoms with Crippen molar-refractivity contribution in [1.29, 1.82) is 0 Å². The topological polar surface area (TPSA) is 77.1 Å². The molecule has 0 aliphatic heterocycles. The quantitative estimate of drug-likeness (QED) is 0.226. The van der Waals surface area contributed by atoms with Gasteiger partial charge in [-0.2, -0.15) is 0 Å². The number of hydrogen-bond donors (Lipinski definition) is 1. The minimum atomic E-state index is -0.539. The van der Waals surface area contributed by atoms with Crippen LogP contribution in [0.3, 0.4) is 0 Å². The van der Waals surface area contributed by atoms with E-state index in [1.165, 1.54) is 25.2 Å². The zero-order chi connectivity index (χ0) is 24.9. The second-order valence-electron chi connectivity index (χ2n) is 7.01. The number of terminal acetylenes is 1. The lowest BCUT2D eigenvalue weighted by molar-refractivity contribution is -0.127. The van der Waals surface area contributed by atoms with Crippen LogP contribution < -0.4 is 14.8 Å².